The number of rotatable bonds is 28. The minimum atomic E-state index is -0.793. The van der Waals surface area contributed by atoms with Gasteiger partial charge in [0, 0.05) is 115 Å². The van der Waals surface area contributed by atoms with Crippen molar-refractivity contribution in [1.82, 2.24) is 0 Å². The molecule has 16 aromatic rings. The minimum absolute atomic E-state index is 0.641. The monoisotopic (exact) mass is 1670 g/mol. The number of thiophene rings is 4. The molecule has 0 saturated heterocycles. The van der Waals surface area contributed by atoms with Crippen LogP contribution in [0, 0.1) is 0 Å². The second-order valence-electron chi connectivity index (χ2n) is 28.7. The van der Waals surface area contributed by atoms with E-state index in [4.69, 9.17) is 56.8 Å². The molecule has 12 aromatic carbocycles. The molecule has 121 heavy (non-hydrogen) atoms. The van der Waals surface area contributed by atoms with E-state index in [1.165, 1.54) is 41.8 Å². The van der Waals surface area contributed by atoms with Gasteiger partial charge in [0.1, 0.15) is 69.0 Å². The highest BCUT2D eigenvalue weighted by molar-refractivity contribution is 7.27. The minimum Gasteiger partial charge on any atom is -0.497 e. The summed E-state index contributed by atoms with van der Waals surface area (Å²) in [5.41, 5.74) is 18.9. The summed E-state index contributed by atoms with van der Waals surface area (Å²) in [7, 11) is 20.1. The maximum Gasteiger partial charge on any atom is 0.142 e. The van der Waals surface area contributed by atoms with Crippen LogP contribution in [0.1, 0.15) is 22.3 Å². The van der Waals surface area contributed by atoms with Crippen LogP contribution in [0.25, 0.3) is 61.3 Å². The summed E-state index contributed by atoms with van der Waals surface area (Å²) in [6.07, 6.45) is 0. The van der Waals surface area contributed by atoms with Gasteiger partial charge in [0.25, 0.3) is 0 Å². The van der Waals surface area contributed by atoms with Gasteiger partial charge in [-0.05, 0) is 166 Å². The zero-order chi connectivity index (χ0) is 83.2. The number of ether oxygens (including phenoxy) is 12. The highest BCUT2D eigenvalue weighted by atomic mass is 32.1. The van der Waals surface area contributed by atoms with Gasteiger partial charge in [0.15, 0.2) is 0 Å². The smallest absolute Gasteiger partial charge is 0.142 e. The van der Waals surface area contributed by atoms with Crippen LogP contribution in [0.3, 0.4) is 0 Å². The van der Waals surface area contributed by atoms with Crippen LogP contribution in [-0.2, 0) is 5.41 Å². The maximum atomic E-state index is 6.06. The number of para-hydroxylation sites is 8. The van der Waals surface area contributed by atoms with Crippen LogP contribution >= 0.6 is 45.3 Å². The van der Waals surface area contributed by atoms with Crippen molar-refractivity contribution in [3.63, 3.8) is 0 Å². The summed E-state index contributed by atoms with van der Waals surface area (Å²) in [5.74, 6) is 8.04. The zero-order valence-electron chi connectivity index (χ0n) is 68.5. The van der Waals surface area contributed by atoms with Crippen LogP contribution in [0.5, 0.6) is 69.0 Å². The highest BCUT2D eigenvalue weighted by Crippen LogP contribution is 2.71. The van der Waals surface area contributed by atoms with Gasteiger partial charge >= 0.3 is 0 Å². The van der Waals surface area contributed by atoms with Gasteiger partial charge in [-0.2, -0.15) is 0 Å². The first-order valence-corrected chi connectivity index (χ1v) is 42.3. The van der Waals surface area contributed by atoms with E-state index in [1.807, 2.05) is 191 Å². The lowest BCUT2D eigenvalue weighted by Crippen LogP contribution is -2.24. The lowest BCUT2D eigenvalue weighted by atomic mass is 9.72. The lowest BCUT2D eigenvalue weighted by molar-refractivity contribution is 0.393. The summed E-state index contributed by atoms with van der Waals surface area (Å²) in [5, 5.41) is 0. The largest absolute Gasteiger partial charge is 0.497 e. The molecule has 4 heterocycles. The molecule has 0 radical (unpaired) electrons. The zero-order valence-corrected chi connectivity index (χ0v) is 71.8. The van der Waals surface area contributed by atoms with Crippen molar-refractivity contribution in [1.29, 1.82) is 0 Å². The Labute approximate surface area is 719 Å². The van der Waals surface area contributed by atoms with Crippen LogP contribution in [-0.4, -0.2) is 85.3 Å². The van der Waals surface area contributed by atoms with Gasteiger partial charge in [-0.25, -0.2) is 0 Å². The molecule has 18 rings (SSSR count). The van der Waals surface area contributed by atoms with E-state index in [9.17, 15) is 0 Å². The van der Waals surface area contributed by atoms with Gasteiger partial charge in [-0.15, -0.1) is 45.3 Å². The third-order valence-corrected chi connectivity index (χ3v) is 27.3. The Hall–Kier alpha value is -13.8. The average Bonchev–Trinajstić information content (AvgIpc) is 1.49. The number of hydrogen-bond acceptors (Lipinski definition) is 20. The van der Waals surface area contributed by atoms with Crippen molar-refractivity contribution >= 4 is 114 Å². The molecular formula is C101H84N4O12S4. The second kappa shape index (κ2) is 33.2. The van der Waals surface area contributed by atoms with Crippen molar-refractivity contribution in [2.45, 2.75) is 5.41 Å². The number of methoxy groups -OCH3 is 12. The van der Waals surface area contributed by atoms with Gasteiger partial charge < -0.3 is 76.4 Å². The molecule has 2 aliphatic rings. The number of fused-ring (bicyclic) bond motifs is 10. The summed E-state index contributed by atoms with van der Waals surface area (Å²) in [6, 6.07) is 101. The molecular weight excluding hydrogens is 1590 g/mol. The third-order valence-electron chi connectivity index (χ3n) is 22.3. The molecule has 0 fully saturated rings. The lowest BCUT2D eigenvalue weighted by Gasteiger charge is -2.28. The quantitative estimate of drug-likeness (QED) is 0.0462. The summed E-state index contributed by atoms with van der Waals surface area (Å²) in [6.45, 7) is 0. The van der Waals surface area contributed by atoms with E-state index in [0.29, 0.717) is 46.0 Å². The predicted molar refractivity (Wildman–Crippen MR) is 493 cm³/mol. The Morgan fingerprint density at radius 3 is 0.570 bits per heavy atom. The maximum absolute atomic E-state index is 6.06. The normalized spacial score (nSPS) is 11.9. The summed E-state index contributed by atoms with van der Waals surface area (Å²) in [4.78, 5) is 18.1. The molecule has 20 heteroatoms. The van der Waals surface area contributed by atoms with Crippen molar-refractivity contribution in [2.75, 3.05) is 105 Å². The van der Waals surface area contributed by atoms with Gasteiger partial charge in [0.2, 0.25) is 0 Å². The number of benzene rings is 12. The van der Waals surface area contributed by atoms with Crippen LogP contribution in [0.2, 0.25) is 0 Å². The Kier molecular flexibility index (Phi) is 21.5. The fourth-order valence-corrected chi connectivity index (χ4v) is 21.7. The molecule has 0 N–H and O–H groups in total. The fourth-order valence-electron chi connectivity index (χ4n) is 16.5. The SMILES string of the molecule is COc1cc(OC)cc(N(c2ccc(-c3cc4c(s3)-c3sc(-c5ccc(N(c6cc(OC)cc(OC)c6)c6cc(OC)cc(OC)c6)cc5)cc3C43c4cc(-c5ccc(N(c6ccccc6OC)c6ccccc6OC)cc5)sc4-c4sc(-c5ccc(N(c6ccccc6OC)c6ccccc6OC)cc5)cc43)cc2)c2cc(OC)cc(OC)c2)c1. The number of hydrogen-bond donors (Lipinski definition) is 0. The standard InChI is InChI=1S/C101H84N4O12S4/c1-106-73-45-69(46-74(53-73)107-2)102(70-47-75(108-3)54-76(48-70)109-4)65-37-29-61(30-38-65)93-57-81-97(118-93)98-82(58-94(119-98)62-31-39-66(40-32-62)103(71-49-77(110-5)55-78(50-71)111-6)72-51-79(112-7)56-80(52-72)113-8)101(81)83-59-95(63-33-41-67(42-34-63)104(85-21-13-17-25-89(85)114-9)86-22-14-18-26-90(86)115-10)120-99(83)100-84(101)60-96(121-100)64-35-43-68(44-36-64)105(87-23-15-19-27-91(87)116-11)88-24-16-20-28-92(88)117-12/h13-60H,1-12H3. The first kappa shape index (κ1) is 78.4. The molecule has 4 aromatic heterocycles. The van der Waals surface area contributed by atoms with Crippen molar-refractivity contribution in [3.05, 3.63) is 313 Å². The van der Waals surface area contributed by atoms with Crippen LogP contribution in [0.4, 0.5) is 68.2 Å². The van der Waals surface area contributed by atoms with Crippen LogP contribution < -0.4 is 76.4 Å². The molecule has 16 nitrogen and oxygen atoms in total. The van der Waals surface area contributed by atoms with E-state index in [-0.39, 0.29) is 0 Å². The Bertz CT molecular complexity index is 5830. The van der Waals surface area contributed by atoms with E-state index in [0.717, 1.165) is 133 Å². The van der Waals surface area contributed by atoms with Crippen molar-refractivity contribution < 1.29 is 56.8 Å². The third kappa shape index (κ3) is 14.1. The Morgan fingerprint density at radius 2 is 0.380 bits per heavy atom. The van der Waals surface area contributed by atoms with E-state index in [2.05, 4.69) is 165 Å². The second-order valence-corrected chi connectivity index (χ2v) is 32.9. The Morgan fingerprint density at radius 1 is 0.190 bits per heavy atom. The van der Waals surface area contributed by atoms with Crippen molar-refractivity contribution in [3.8, 4) is 130 Å². The summed E-state index contributed by atoms with van der Waals surface area (Å²) < 4.78 is 71.4. The first-order valence-electron chi connectivity index (χ1n) is 39.0. The van der Waals surface area contributed by atoms with Crippen LogP contribution in [0.15, 0.2) is 291 Å². The van der Waals surface area contributed by atoms with E-state index < -0.39 is 5.41 Å². The number of nitrogens with zero attached hydrogens (tertiary/aromatic N) is 4. The molecule has 0 saturated carbocycles. The van der Waals surface area contributed by atoms with Gasteiger partial charge in [-0.3, -0.25) is 0 Å². The molecule has 1 spiro atoms. The van der Waals surface area contributed by atoms with Crippen molar-refractivity contribution in [2.24, 2.45) is 0 Å². The highest BCUT2D eigenvalue weighted by Gasteiger charge is 2.56. The molecule has 0 amide bonds. The molecule has 604 valence electrons. The number of anilines is 12. The predicted octanol–water partition coefficient (Wildman–Crippen LogP) is 26.9. The Balaban J connectivity index is 0.831. The fraction of sp³-hybridized carbons (Fsp3) is 0.129. The molecule has 0 aliphatic heterocycles. The summed E-state index contributed by atoms with van der Waals surface area (Å²) >= 11 is 7.38. The van der Waals surface area contributed by atoms with E-state index in [1.54, 1.807) is 85.3 Å². The van der Waals surface area contributed by atoms with Gasteiger partial charge in [-0.1, -0.05) is 97.1 Å². The van der Waals surface area contributed by atoms with E-state index >= 15 is 0 Å². The van der Waals surface area contributed by atoms with Gasteiger partial charge in [0.05, 0.1) is 156 Å². The topological polar surface area (TPSA) is 124 Å². The average molecular weight is 1670 g/mol. The molecule has 0 bridgehead atoms. The molecule has 0 atom stereocenters. The molecule has 2 aliphatic carbocycles. The first-order chi connectivity index (χ1) is 59.3. The molecule has 0 unspecified atom stereocenters.